The van der Waals surface area contributed by atoms with E-state index in [2.05, 4.69) is 26.5 Å². The highest BCUT2D eigenvalue weighted by molar-refractivity contribution is 5.92. The summed E-state index contributed by atoms with van der Waals surface area (Å²) in [7, 11) is 0. The van der Waals surface area contributed by atoms with Crippen molar-refractivity contribution in [3.63, 3.8) is 0 Å². The third kappa shape index (κ3) is 7.32. The molecule has 32 heavy (non-hydrogen) atoms. The van der Waals surface area contributed by atoms with Gasteiger partial charge in [0.05, 0.1) is 12.0 Å². The van der Waals surface area contributed by atoms with E-state index in [1.807, 2.05) is 43.3 Å². The summed E-state index contributed by atoms with van der Waals surface area (Å²) in [6, 6.07) is 7.48. The molecule has 0 bridgehead atoms. The number of unbranched alkanes of at least 4 members (excludes halogenated alkanes) is 1. The molecule has 4 heteroatoms. The molecule has 0 heterocycles. The molecule has 1 aromatic rings. The molecule has 1 aliphatic carbocycles. The lowest BCUT2D eigenvalue weighted by Gasteiger charge is -2.19. The van der Waals surface area contributed by atoms with E-state index in [4.69, 9.17) is 0 Å². The van der Waals surface area contributed by atoms with Crippen LogP contribution in [0.2, 0.25) is 0 Å². The number of ketones is 1. The lowest BCUT2D eigenvalue weighted by Crippen LogP contribution is -2.18. The lowest BCUT2D eigenvalue weighted by atomic mass is 9.90. The largest absolute Gasteiger partial charge is 0.508 e. The minimum Gasteiger partial charge on any atom is -0.508 e. The van der Waals surface area contributed by atoms with Crippen molar-refractivity contribution in [1.82, 2.24) is 0 Å². The van der Waals surface area contributed by atoms with Crippen molar-refractivity contribution < 1.29 is 20.1 Å². The summed E-state index contributed by atoms with van der Waals surface area (Å²) < 4.78 is 0. The number of hydrogen-bond acceptors (Lipinski definition) is 4. The monoisotopic (exact) mass is 438 g/mol. The van der Waals surface area contributed by atoms with Crippen molar-refractivity contribution in [1.29, 1.82) is 0 Å². The fraction of sp³-hybridized carbons (Fsp3) is 0.464. The number of carbonyl (C=O) groups excluding carboxylic acids is 1. The van der Waals surface area contributed by atoms with Gasteiger partial charge < -0.3 is 15.3 Å². The van der Waals surface area contributed by atoms with Crippen LogP contribution in [0.15, 0.2) is 71.6 Å². The van der Waals surface area contributed by atoms with Gasteiger partial charge in [-0.1, -0.05) is 80.0 Å². The third-order valence-electron chi connectivity index (χ3n) is 6.20. The van der Waals surface area contributed by atoms with Crippen LogP contribution in [0.3, 0.4) is 0 Å². The maximum atomic E-state index is 12.6. The average molecular weight is 439 g/mol. The van der Waals surface area contributed by atoms with Gasteiger partial charge in [0.25, 0.3) is 0 Å². The Kier molecular flexibility index (Phi) is 10.1. The molecule has 2 rings (SSSR count). The van der Waals surface area contributed by atoms with Gasteiger partial charge in [-0.3, -0.25) is 4.79 Å². The van der Waals surface area contributed by atoms with Crippen LogP contribution in [0.5, 0.6) is 0 Å². The SMILES string of the molecule is C=C(O)/C(C)=C/C=C(\C)CC/C=C1/CCC(=O)C1c1ccc(C(O)C(O)CCCC)cc1. The highest BCUT2D eigenvalue weighted by Crippen LogP contribution is 2.37. The summed E-state index contributed by atoms with van der Waals surface area (Å²) in [5, 5.41) is 29.9. The molecule has 3 atom stereocenters. The summed E-state index contributed by atoms with van der Waals surface area (Å²) in [6.45, 7) is 9.45. The van der Waals surface area contributed by atoms with Gasteiger partial charge in [-0.25, -0.2) is 0 Å². The zero-order valence-corrected chi connectivity index (χ0v) is 19.7. The molecule has 1 fully saturated rings. The van der Waals surface area contributed by atoms with E-state index in [9.17, 15) is 20.1 Å². The van der Waals surface area contributed by atoms with Crippen LogP contribution < -0.4 is 0 Å². The molecular formula is C28H38O4. The first-order chi connectivity index (χ1) is 15.2. The van der Waals surface area contributed by atoms with Crippen molar-refractivity contribution in [3.8, 4) is 0 Å². The summed E-state index contributed by atoms with van der Waals surface area (Å²) in [5.41, 5.74) is 4.74. The van der Waals surface area contributed by atoms with Crippen molar-refractivity contribution in [3.05, 3.63) is 82.7 Å². The molecule has 174 valence electrons. The Bertz CT molecular complexity index is 873. The van der Waals surface area contributed by atoms with Gasteiger partial charge >= 0.3 is 0 Å². The first-order valence-electron chi connectivity index (χ1n) is 11.6. The van der Waals surface area contributed by atoms with Crippen LogP contribution in [0.4, 0.5) is 0 Å². The molecule has 3 N–H and O–H groups in total. The van der Waals surface area contributed by atoms with E-state index in [0.29, 0.717) is 18.4 Å². The smallest absolute Gasteiger partial charge is 0.144 e. The number of carbonyl (C=O) groups is 1. The fourth-order valence-electron chi connectivity index (χ4n) is 3.99. The van der Waals surface area contributed by atoms with Crippen LogP contribution in [0, 0.1) is 0 Å². The minimum absolute atomic E-state index is 0.0810. The standard InChI is InChI=1S/C28H38O4/c1-5-6-10-26(31)28(32)24-15-13-23(14-16-24)27-22(17-18-25(27)30)9-7-8-19(2)11-12-20(3)21(4)29/h9,11-16,26-29,31-32H,4-8,10,17-18H2,1-3H3/b19-11+,20-12+,22-9-. The third-order valence-corrected chi connectivity index (χ3v) is 6.20. The second-order valence-electron chi connectivity index (χ2n) is 8.85. The summed E-state index contributed by atoms with van der Waals surface area (Å²) in [6.07, 6.45) is 9.89. The predicted molar refractivity (Wildman–Crippen MR) is 131 cm³/mol. The van der Waals surface area contributed by atoms with E-state index in [-0.39, 0.29) is 17.5 Å². The summed E-state index contributed by atoms with van der Waals surface area (Å²) >= 11 is 0. The van der Waals surface area contributed by atoms with Gasteiger partial charge in [-0.15, -0.1) is 0 Å². The number of aliphatic hydroxyl groups is 3. The maximum absolute atomic E-state index is 12.6. The molecular weight excluding hydrogens is 400 g/mol. The van der Waals surface area contributed by atoms with Crippen molar-refractivity contribution in [2.45, 2.75) is 83.8 Å². The molecule has 0 radical (unpaired) electrons. The van der Waals surface area contributed by atoms with Crippen LogP contribution in [-0.2, 0) is 4.79 Å². The second-order valence-corrected chi connectivity index (χ2v) is 8.85. The van der Waals surface area contributed by atoms with E-state index >= 15 is 0 Å². The average Bonchev–Trinajstić information content (AvgIpc) is 3.15. The molecule has 1 aromatic carbocycles. The number of Topliss-reactive ketones (excluding diaryl/α,β-unsaturated/α-hetero) is 1. The molecule has 1 saturated carbocycles. The first-order valence-corrected chi connectivity index (χ1v) is 11.6. The highest BCUT2D eigenvalue weighted by atomic mass is 16.3. The maximum Gasteiger partial charge on any atom is 0.144 e. The molecule has 4 nitrogen and oxygen atoms in total. The van der Waals surface area contributed by atoms with Crippen molar-refractivity contribution in [2.24, 2.45) is 0 Å². The van der Waals surface area contributed by atoms with Crippen LogP contribution in [0.1, 0.15) is 88.9 Å². The molecule has 3 unspecified atom stereocenters. The Hall–Kier alpha value is -2.43. The minimum atomic E-state index is -0.902. The molecule has 0 aliphatic heterocycles. The Morgan fingerprint density at radius 1 is 1.16 bits per heavy atom. The van der Waals surface area contributed by atoms with E-state index in [1.54, 1.807) is 0 Å². The second kappa shape index (κ2) is 12.6. The van der Waals surface area contributed by atoms with Gasteiger partial charge in [0, 0.05) is 6.42 Å². The fourth-order valence-corrected chi connectivity index (χ4v) is 3.99. The highest BCUT2D eigenvalue weighted by Gasteiger charge is 2.30. The van der Waals surface area contributed by atoms with Crippen LogP contribution in [-0.4, -0.2) is 27.2 Å². The zero-order valence-electron chi connectivity index (χ0n) is 19.7. The summed E-state index contributed by atoms with van der Waals surface area (Å²) in [5.74, 6) is 0.104. The zero-order chi connectivity index (χ0) is 23.7. The number of benzene rings is 1. The van der Waals surface area contributed by atoms with Gasteiger partial charge in [0.1, 0.15) is 17.6 Å². The molecule has 1 aliphatic rings. The Morgan fingerprint density at radius 2 is 1.84 bits per heavy atom. The molecule has 0 aromatic heterocycles. The lowest BCUT2D eigenvalue weighted by molar-refractivity contribution is -0.118. The number of hydrogen-bond donors (Lipinski definition) is 3. The van der Waals surface area contributed by atoms with Crippen molar-refractivity contribution in [2.75, 3.05) is 0 Å². The van der Waals surface area contributed by atoms with E-state index < -0.39 is 12.2 Å². The topological polar surface area (TPSA) is 77.8 Å². The predicted octanol–water partition coefficient (Wildman–Crippen LogP) is 6.39. The quantitative estimate of drug-likeness (QED) is 0.213. The number of allylic oxidation sites excluding steroid dienone is 6. The van der Waals surface area contributed by atoms with E-state index in [0.717, 1.165) is 48.8 Å². The first kappa shape index (κ1) is 25.8. The number of rotatable bonds is 11. The molecule has 0 saturated heterocycles. The van der Waals surface area contributed by atoms with Crippen LogP contribution >= 0.6 is 0 Å². The van der Waals surface area contributed by atoms with E-state index in [1.165, 1.54) is 5.57 Å². The van der Waals surface area contributed by atoms with Gasteiger partial charge in [-0.05, 0) is 56.2 Å². The normalized spacial score (nSPS) is 20.6. The summed E-state index contributed by atoms with van der Waals surface area (Å²) in [4.78, 5) is 12.6. The van der Waals surface area contributed by atoms with Crippen molar-refractivity contribution >= 4 is 5.78 Å². The van der Waals surface area contributed by atoms with Gasteiger partial charge in [0.2, 0.25) is 0 Å². The molecule has 0 amide bonds. The molecule has 0 spiro atoms. The van der Waals surface area contributed by atoms with Gasteiger partial charge in [0.15, 0.2) is 0 Å². The Morgan fingerprint density at radius 3 is 2.47 bits per heavy atom. The Balaban J connectivity index is 2.05. The number of aliphatic hydroxyl groups excluding tert-OH is 3. The van der Waals surface area contributed by atoms with Crippen LogP contribution in [0.25, 0.3) is 0 Å². The van der Waals surface area contributed by atoms with Gasteiger partial charge in [-0.2, -0.15) is 0 Å². The Labute approximate surface area is 192 Å².